The topological polar surface area (TPSA) is 90.9 Å². The minimum atomic E-state index is -1.08. The Morgan fingerprint density at radius 1 is 1.03 bits per heavy atom. The van der Waals surface area contributed by atoms with Crippen molar-refractivity contribution in [3.05, 3.63) is 76.7 Å². The maximum atomic E-state index is 12.6. The van der Waals surface area contributed by atoms with Gasteiger partial charge in [0.1, 0.15) is 12.6 Å². The van der Waals surface area contributed by atoms with Crippen molar-refractivity contribution in [2.75, 3.05) is 37.7 Å². The number of anilines is 1. The Labute approximate surface area is 202 Å². The summed E-state index contributed by atoms with van der Waals surface area (Å²) in [6.07, 6.45) is -0.496. The predicted octanol–water partition coefficient (Wildman–Crippen LogP) is 3.69. The molecule has 0 radical (unpaired) electrons. The van der Waals surface area contributed by atoms with Crippen LogP contribution in [0.25, 0.3) is 11.1 Å². The van der Waals surface area contributed by atoms with E-state index in [1.807, 2.05) is 48.5 Å². The van der Waals surface area contributed by atoms with E-state index >= 15 is 0 Å². The van der Waals surface area contributed by atoms with Crippen molar-refractivity contribution in [2.24, 2.45) is 0 Å². The molecule has 1 atom stereocenters. The zero-order valence-electron chi connectivity index (χ0n) is 18.7. The number of carboxylic acids is 1. The van der Waals surface area contributed by atoms with Crippen LogP contribution in [0.3, 0.4) is 0 Å². The van der Waals surface area contributed by atoms with Gasteiger partial charge in [0.25, 0.3) is 0 Å². The Kier molecular flexibility index (Phi) is 6.51. The summed E-state index contributed by atoms with van der Waals surface area (Å²) in [6, 6.07) is 19.1. The third kappa shape index (κ3) is 4.64. The van der Waals surface area contributed by atoms with Gasteiger partial charge in [0.05, 0.1) is 5.00 Å². The molecule has 3 aromatic rings. The number of alkyl carbamates (subject to hydrolysis) is 1. The highest BCUT2D eigenvalue weighted by molar-refractivity contribution is 7.16. The number of amides is 1. The Morgan fingerprint density at radius 2 is 1.68 bits per heavy atom. The lowest BCUT2D eigenvalue weighted by Crippen LogP contribution is -2.43. The lowest BCUT2D eigenvalue weighted by Gasteiger charge is -2.27. The molecule has 34 heavy (non-hydrogen) atoms. The number of rotatable bonds is 7. The van der Waals surface area contributed by atoms with Gasteiger partial charge in [0.2, 0.25) is 0 Å². The van der Waals surface area contributed by atoms with Crippen LogP contribution in [0.15, 0.2) is 60.7 Å². The van der Waals surface area contributed by atoms with Gasteiger partial charge in [-0.25, -0.2) is 9.59 Å². The SMILES string of the molecule is O=C(NC(Cc1ccc(N2CCNCC2)s1)C(=O)O)OCC1c2ccccc2-c2ccccc21. The maximum absolute atomic E-state index is 12.6. The quantitative estimate of drug-likeness (QED) is 0.481. The molecule has 5 rings (SSSR count). The summed E-state index contributed by atoms with van der Waals surface area (Å²) in [5, 5.41) is 16.7. The first kappa shape index (κ1) is 22.4. The van der Waals surface area contributed by atoms with Crippen LogP contribution >= 0.6 is 11.3 Å². The highest BCUT2D eigenvalue weighted by atomic mass is 32.1. The van der Waals surface area contributed by atoms with Crippen molar-refractivity contribution in [2.45, 2.75) is 18.4 Å². The number of hydrogen-bond acceptors (Lipinski definition) is 6. The van der Waals surface area contributed by atoms with Gasteiger partial charge in [0, 0.05) is 43.4 Å². The molecule has 2 aliphatic rings. The summed E-state index contributed by atoms with van der Waals surface area (Å²) in [5.41, 5.74) is 4.53. The summed E-state index contributed by atoms with van der Waals surface area (Å²) < 4.78 is 5.53. The van der Waals surface area contributed by atoms with Crippen LogP contribution in [0.5, 0.6) is 0 Å². The first-order valence-electron chi connectivity index (χ1n) is 11.5. The molecule has 0 bridgehead atoms. The van der Waals surface area contributed by atoms with Gasteiger partial charge >= 0.3 is 12.1 Å². The summed E-state index contributed by atoms with van der Waals surface area (Å²) in [7, 11) is 0. The van der Waals surface area contributed by atoms with E-state index in [2.05, 4.69) is 27.7 Å². The molecule has 2 heterocycles. The molecule has 1 unspecified atom stereocenters. The van der Waals surface area contributed by atoms with E-state index in [0.29, 0.717) is 0 Å². The van der Waals surface area contributed by atoms with Crippen molar-refractivity contribution >= 4 is 28.4 Å². The van der Waals surface area contributed by atoms with Crippen molar-refractivity contribution in [1.29, 1.82) is 0 Å². The van der Waals surface area contributed by atoms with Gasteiger partial charge in [-0.05, 0) is 34.4 Å². The number of fused-ring (bicyclic) bond motifs is 3. The second-order valence-electron chi connectivity index (χ2n) is 8.54. The fourth-order valence-corrected chi connectivity index (χ4v) is 5.82. The molecule has 176 valence electrons. The number of piperazine rings is 1. The van der Waals surface area contributed by atoms with Gasteiger partial charge in [0.15, 0.2) is 0 Å². The smallest absolute Gasteiger partial charge is 0.407 e. The standard InChI is InChI=1S/C26H27N3O4S/c30-25(31)23(15-17-9-10-24(34-17)29-13-11-27-12-14-29)28-26(32)33-16-22-20-7-3-1-5-18(20)19-6-2-4-8-21(19)22/h1-10,22-23,27H,11-16H2,(H,28,32)(H,30,31). The third-order valence-corrected chi connectivity index (χ3v) is 7.58. The monoisotopic (exact) mass is 477 g/mol. The fourth-order valence-electron chi connectivity index (χ4n) is 4.72. The van der Waals surface area contributed by atoms with Crippen LogP contribution < -0.4 is 15.5 Å². The van der Waals surface area contributed by atoms with Crippen LogP contribution in [-0.4, -0.2) is 56.0 Å². The number of hydrogen-bond donors (Lipinski definition) is 3. The van der Waals surface area contributed by atoms with Crippen LogP contribution in [0.1, 0.15) is 21.9 Å². The largest absolute Gasteiger partial charge is 0.480 e. The molecule has 0 spiro atoms. The normalized spacial score (nSPS) is 15.9. The molecular weight excluding hydrogens is 450 g/mol. The second-order valence-corrected chi connectivity index (χ2v) is 9.69. The number of ether oxygens (including phenoxy) is 1. The Balaban J connectivity index is 1.21. The zero-order valence-corrected chi connectivity index (χ0v) is 19.5. The average Bonchev–Trinajstić information content (AvgIpc) is 3.46. The molecule has 2 aromatic carbocycles. The number of carbonyl (C=O) groups is 2. The summed E-state index contributed by atoms with van der Waals surface area (Å²) in [6.45, 7) is 3.89. The lowest BCUT2D eigenvalue weighted by atomic mass is 9.98. The number of nitrogens with one attached hydrogen (secondary N) is 2. The second kappa shape index (κ2) is 9.87. The zero-order chi connectivity index (χ0) is 23.5. The van der Waals surface area contributed by atoms with Crippen molar-refractivity contribution in [1.82, 2.24) is 10.6 Å². The van der Waals surface area contributed by atoms with E-state index in [4.69, 9.17) is 4.74 Å². The average molecular weight is 478 g/mol. The number of benzene rings is 2. The summed E-state index contributed by atoms with van der Waals surface area (Å²) in [5.74, 6) is -1.15. The molecule has 1 amide bonds. The molecule has 1 saturated heterocycles. The molecule has 1 aromatic heterocycles. The van der Waals surface area contributed by atoms with Crippen molar-refractivity contribution in [3.63, 3.8) is 0 Å². The van der Waals surface area contributed by atoms with E-state index in [0.717, 1.165) is 58.3 Å². The maximum Gasteiger partial charge on any atom is 0.407 e. The molecule has 1 aliphatic heterocycles. The molecular formula is C26H27N3O4S. The predicted molar refractivity (Wildman–Crippen MR) is 133 cm³/mol. The van der Waals surface area contributed by atoms with Crippen molar-refractivity contribution in [3.8, 4) is 11.1 Å². The van der Waals surface area contributed by atoms with Gasteiger partial charge < -0.3 is 25.4 Å². The summed E-state index contributed by atoms with van der Waals surface area (Å²) in [4.78, 5) is 27.6. The molecule has 1 fully saturated rings. The van der Waals surface area contributed by atoms with Crippen LogP contribution in [0.2, 0.25) is 0 Å². The van der Waals surface area contributed by atoms with Crippen LogP contribution in [-0.2, 0) is 16.0 Å². The molecule has 3 N–H and O–H groups in total. The van der Waals surface area contributed by atoms with E-state index in [-0.39, 0.29) is 18.9 Å². The van der Waals surface area contributed by atoms with Crippen LogP contribution in [0, 0.1) is 0 Å². The first-order chi connectivity index (χ1) is 16.6. The van der Waals surface area contributed by atoms with E-state index in [1.165, 1.54) is 0 Å². The molecule has 8 heteroatoms. The molecule has 1 aliphatic carbocycles. The Hall–Kier alpha value is -3.36. The Bertz CT molecular complexity index is 1140. The number of nitrogens with zero attached hydrogens (tertiary/aromatic N) is 1. The first-order valence-corrected chi connectivity index (χ1v) is 12.3. The van der Waals surface area contributed by atoms with Gasteiger partial charge in [-0.3, -0.25) is 0 Å². The number of carbonyl (C=O) groups excluding carboxylic acids is 1. The lowest BCUT2D eigenvalue weighted by molar-refractivity contribution is -0.139. The van der Waals surface area contributed by atoms with Gasteiger partial charge in [-0.15, -0.1) is 11.3 Å². The number of thiophene rings is 1. The number of aliphatic carboxylic acids is 1. The number of carboxylic acid groups (broad SMARTS) is 1. The van der Waals surface area contributed by atoms with E-state index < -0.39 is 18.1 Å². The Morgan fingerprint density at radius 3 is 2.32 bits per heavy atom. The fraction of sp³-hybridized carbons (Fsp3) is 0.308. The van der Waals surface area contributed by atoms with Crippen LogP contribution in [0.4, 0.5) is 9.80 Å². The summed E-state index contributed by atoms with van der Waals surface area (Å²) >= 11 is 1.57. The minimum absolute atomic E-state index is 0.0692. The van der Waals surface area contributed by atoms with Gasteiger partial charge in [-0.1, -0.05) is 48.5 Å². The van der Waals surface area contributed by atoms with Crippen molar-refractivity contribution < 1.29 is 19.4 Å². The highest BCUT2D eigenvalue weighted by Crippen LogP contribution is 2.44. The van der Waals surface area contributed by atoms with E-state index in [1.54, 1.807) is 11.3 Å². The third-order valence-electron chi connectivity index (χ3n) is 6.42. The molecule has 0 saturated carbocycles. The van der Waals surface area contributed by atoms with Gasteiger partial charge in [-0.2, -0.15) is 0 Å². The van der Waals surface area contributed by atoms with E-state index in [9.17, 15) is 14.7 Å². The minimum Gasteiger partial charge on any atom is -0.480 e. The molecule has 7 nitrogen and oxygen atoms in total. The highest BCUT2D eigenvalue weighted by Gasteiger charge is 2.30.